The Balaban J connectivity index is 1.37. The van der Waals surface area contributed by atoms with Gasteiger partial charge in [-0.2, -0.15) is 0 Å². The van der Waals surface area contributed by atoms with Crippen LogP contribution in [-0.2, 0) is 11.2 Å². The van der Waals surface area contributed by atoms with Crippen molar-refractivity contribution in [3.63, 3.8) is 0 Å². The minimum absolute atomic E-state index is 0.217. The predicted molar refractivity (Wildman–Crippen MR) is 102 cm³/mol. The van der Waals surface area contributed by atoms with Crippen molar-refractivity contribution in [1.82, 2.24) is 9.88 Å². The lowest BCUT2D eigenvalue weighted by Crippen LogP contribution is -2.49. The molecule has 1 N–H and O–H groups in total. The summed E-state index contributed by atoms with van der Waals surface area (Å²) in [6, 6.07) is 16.8. The van der Waals surface area contributed by atoms with Crippen LogP contribution in [0.1, 0.15) is 11.1 Å². The Kier molecular flexibility index (Phi) is 4.18. The highest BCUT2D eigenvalue weighted by Crippen LogP contribution is 2.19. The van der Waals surface area contributed by atoms with Gasteiger partial charge in [0.1, 0.15) is 0 Å². The molecule has 0 atom stereocenters. The summed E-state index contributed by atoms with van der Waals surface area (Å²) in [6.07, 6.45) is 2.40. The van der Waals surface area contributed by atoms with E-state index >= 15 is 0 Å². The molecule has 0 radical (unpaired) electrons. The lowest BCUT2D eigenvalue weighted by atomic mass is 10.1. The van der Waals surface area contributed by atoms with E-state index in [4.69, 9.17) is 0 Å². The molecular formula is C21H23N3O. The number of hydrogen-bond acceptors (Lipinski definition) is 2. The molecule has 1 amide bonds. The van der Waals surface area contributed by atoms with Gasteiger partial charge >= 0.3 is 0 Å². The number of fused-ring (bicyclic) bond motifs is 1. The fourth-order valence-corrected chi connectivity index (χ4v) is 3.53. The molecule has 128 valence electrons. The molecule has 3 aromatic rings. The Hall–Kier alpha value is -2.75. The van der Waals surface area contributed by atoms with E-state index in [2.05, 4.69) is 59.3 Å². The van der Waals surface area contributed by atoms with Crippen molar-refractivity contribution in [3.05, 3.63) is 65.9 Å². The number of piperazine rings is 1. The maximum Gasteiger partial charge on any atom is 0.227 e. The number of anilines is 1. The molecule has 0 spiro atoms. The van der Waals surface area contributed by atoms with Gasteiger partial charge in [-0.15, -0.1) is 0 Å². The normalized spacial score (nSPS) is 14.9. The highest BCUT2D eigenvalue weighted by atomic mass is 16.2. The number of aryl methyl sites for hydroxylation is 1. The van der Waals surface area contributed by atoms with E-state index < -0.39 is 0 Å². The van der Waals surface area contributed by atoms with Crippen LogP contribution in [-0.4, -0.2) is 42.0 Å². The highest BCUT2D eigenvalue weighted by molar-refractivity contribution is 5.83. The van der Waals surface area contributed by atoms with Crippen molar-refractivity contribution >= 4 is 22.5 Å². The van der Waals surface area contributed by atoms with Crippen molar-refractivity contribution < 1.29 is 4.79 Å². The second kappa shape index (κ2) is 6.63. The van der Waals surface area contributed by atoms with Gasteiger partial charge < -0.3 is 14.8 Å². The largest absolute Gasteiger partial charge is 0.368 e. The van der Waals surface area contributed by atoms with Crippen molar-refractivity contribution in [2.45, 2.75) is 13.3 Å². The SMILES string of the molecule is Cc1cccc(N2CCN(C(=O)Cc3ccc4cc[nH]c4c3)CC2)c1. The van der Waals surface area contributed by atoms with Gasteiger partial charge in [0.25, 0.3) is 0 Å². The number of aromatic nitrogens is 1. The Morgan fingerprint density at radius 1 is 1.04 bits per heavy atom. The summed E-state index contributed by atoms with van der Waals surface area (Å²) in [5, 5.41) is 1.18. The maximum absolute atomic E-state index is 12.6. The molecule has 0 aliphatic carbocycles. The molecule has 4 rings (SSSR count). The van der Waals surface area contributed by atoms with Crippen molar-refractivity contribution in [3.8, 4) is 0 Å². The number of aromatic amines is 1. The minimum Gasteiger partial charge on any atom is -0.368 e. The van der Waals surface area contributed by atoms with Crippen LogP contribution in [0, 0.1) is 6.92 Å². The van der Waals surface area contributed by atoms with Crippen molar-refractivity contribution in [1.29, 1.82) is 0 Å². The Labute approximate surface area is 148 Å². The van der Waals surface area contributed by atoms with Crippen LogP contribution in [0.3, 0.4) is 0 Å². The predicted octanol–water partition coefficient (Wildman–Crippen LogP) is 3.37. The minimum atomic E-state index is 0.217. The fraction of sp³-hybridized carbons (Fsp3) is 0.286. The second-order valence-electron chi connectivity index (χ2n) is 6.78. The maximum atomic E-state index is 12.6. The van der Waals surface area contributed by atoms with Crippen LogP contribution in [0.25, 0.3) is 10.9 Å². The van der Waals surface area contributed by atoms with Gasteiger partial charge in [0.15, 0.2) is 0 Å². The molecule has 4 nitrogen and oxygen atoms in total. The Morgan fingerprint density at radius 3 is 2.68 bits per heavy atom. The van der Waals surface area contributed by atoms with Gasteiger partial charge in [0.2, 0.25) is 5.91 Å². The first kappa shape index (κ1) is 15.8. The average molecular weight is 333 g/mol. The number of carbonyl (C=O) groups is 1. The summed E-state index contributed by atoms with van der Waals surface area (Å²) in [5.41, 5.74) is 4.69. The van der Waals surface area contributed by atoms with Crippen LogP contribution in [0.5, 0.6) is 0 Å². The number of rotatable bonds is 3. The number of nitrogens with one attached hydrogen (secondary N) is 1. The van der Waals surface area contributed by atoms with E-state index in [9.17, 15) is 4.79 Å². The van der Waals surface area contributed by atoms with Crippen LogP contribution in [0.4, 0.5) is 5.69 Å². The molecule has 4 heteroatoms. The molecule has 2 aromatic carbocycles. The van der Waals surface area contributed by atoms with Gasteiger partial charge in [-0.25, -0.2) is 0 Å². The first-order chi connectivity index (χ1) is 12.2. The van der Waals surface area contributed by atoms with E-state index in [0.717, 1.165) is 37.3 Å². The van der Waals surface area contributed by atoms with Crippen molar-refractivity contribution in [2.24, 2.45) is 0 Å². The van der Waals surface area contributed by atoms with Gasteiger partial charge in [-0.3, -0.25) is 4.79 Å². The molecule has 1 fully saturated rings. The van der Waals surface area contributed by atoms with E-state index in [-0.39, 0.29) is 5.91 Å². The number of hydrogen-bond donors (Lipinski definition) is 1. The first-order valence-corrected chi connectivity index (χ1v) is 8.84. The molecule has 1 aliphatic heterocycles. The van der Waals surface area contributed by atoms with Crippen LogP contribution < -0.4 is 4.90 Å². The zero-order valence-corrected chi connectivity index (χ0v) is 14.5. The molecule has 25 heavy (non-hydrogen) atoms. The van der Waals surface area contributed by atoms with Gasteiger partial charge in [-0.1, -0.05) is 24.3 Å². The fourth-order valence-electron chi connectivity index (χ4n) is 3.53. The number of H-pyrrole nitrogens is 1. The standard InChI is InChI=1S/C21H23N3O/c1-16-3-2-4-19(13-16)23-9-11-24(12-10-23)21(25)15-17-5-6-18-7-8-22-20(18)14-17/h2-8,13-14,22H,9-12,15H2,1H3. The summed E-state index contributed by atoms with van der Waals surface area (Å²) in [6.45, 7) is 5.48. The highest BCUT2D eigenvalue weighted by Gasteiger charge is 2.21. The summed E-state index contributed by atoms with van der Waals surface area (Å²) in [5.74, 6) is 0.217. The van der Waals surface area contributed by atoms with Gasteiger partial charge in [0.05, 0.1) is 6.42 Å². The third-order valence-corrected chi connectivity index (χ3v) is 4.97. The van der Waals surface area contributed by atoms with Crippen LogP contribution in [0.2, 0.25) is 0 Å². The smallest absolute Gasteiger partial charge is 0.227 e. The van der Waals surface area contributed by atoms with E-state index in [1.54, 1.807) is 0 Å². The molecular weight excluding hydrogens is 310 g/mol. The summed E-state index contributed by atoms with van der Waals surface area (Å²) < 4.78 is 0. The molecule has 0 saturated carbocycles. The molecule has 1 aromatic heterocycles. The second-order valence-corrected chi connectivity index (χ2v) is 6.78. The van der Waals surface area contributed by atoms with E-state index in [1.165, 1.54) is 16.6 Å². The quantitative estimate of drug-likeness (QED) is 0.798. The first-order valence-electron chi connectivity index (χ1n) is 8.84. The lowest BCUT2D eigenvalue weighted by Gasteiger charge is -2.36. The van der Waals surface area contributed by atoms with Gasteiger partial charge in [0, 0.05) is 43.6 Å². The van der Waals surface area contributed by atoms with Crippen LogP contribution >= 0.6 is 0 Å². The lowest BCUT2D eigenvalue weighted by molar-refractivity contribution is -0.130. The molecule has 1 saturated heterocycles. The summed E-state index contributed by atoms with van der Waals surface area (Å²) in [4.78, 5) is 20.2. The summed E-state index contributed by atoms with van der Waals surface area (Å²) >= 11 is 0. The zero-order valence-electron chi connectivity index (χ0n) is 14.5. The third kappa shape index (κ3) is 3.38. The average Bonchev–Trinajstić information content (AvgIpc) is 3.09. The molecule has 1 aliphatic rings. The molecule has 2 heterocycles. The van der Waals surface area contributed by atoms with Crippen LogP contribution in [0.15, 0.2) is 54.7 Å². The Bertz CT molecular complexity index is 891. The number of amides is 1. The number of nitrogens with zero attached hydrogens (tertiary/aromatic N) is 2. The summed E-state index contributed by atoms with van der Waals surface area (Å²) in [7, 11) is 0. The van der Waals surface area contributed by atoms with E-state index in [1.807, 2.05) is 17.2 Å². The monoisotopic (exact) mass is 333 g/mol. The van der Waals surface area contributed by atoms with Gasteiger partial charge in [-0.05, 0) is 47.7 Å². The topological polar surface area (TPSA) is 39.3 Å². The third-order valence-electron chi connectivity index (χ3n) is 4.97. The number of benzene rings is 2. The zero-order chi connectivity index (χ0) is 17.2. The molecule has 0 unspecified atom stereocenters. The molecule has 0 bridgehead atoms. The number of carbonyl (C=O) groups excluding carboxylic acids is 1. The van der Waals surface area contributed by atoms with Crippen molar-refractivity contribution in [2.75, 3.05) is 31.1 Å². The Morgan fingerprint density at radius 2 is 1.88 bits per heavy atom. The van der Waals surface area contributed by atoms with E-state index in [0.29, 0.717) is 6.42 Å².